The number of nitrogens with zero attached hydrogens (tertiary/aromatic N) is 5. The fraction of sp³-hybridized carbons (Fsp3) is 0.0625. The third-order valence-corrected chi connectivity index (χ3v) is 5.10. The zero-order chi connectivity index (χ0) is 16.7. The number of nitriles is 1. The molecule has 4 heterocycles. The number of aromatic nitrogens is 4. The van der Waals surface area contributed by atoms with E-state index in [1.165, 1.54) is 11.8 Å². The molecule has 0 aliphatic rings. The minimum Gasteiger partial charge on any atom is -0.322 e. The maximum Gasteiger partial charge on any atom is 0.196 e. The van der Waals surface area contributed by atoms with Crippen molar-refractivity contribution in [2.45, 2.75) is 10.9 Å². The lowest BCUT2D eigenvalue weighted by atomic mass is 10.2. The summed E-state index contributed by atoms with van der Waals surface area (Å²) in [5.74, 6) is 0.593. The Morgan fingerprint density at radius 3 is 2.92 bits per heavy atom. The van der Waals surface area contributed by atoms with E-state index < -0.39 is 0 Å². The highest BCUT2D eigenvalue weighted by Crippen LogP contribution is 2.29. The number of rotatable bonds is 3. The van der Waals surface area contributed by atoms with Crippen LogP contribution in [0.4, 0.5) is 0 Å². The molecule has 4 aromatic heterocycles. The van der Waals surface area contributed by atoms with Gasteiger partial charge in [0.2, 0.25) is 0 Å². The number of fused-ring (bicyclic) bond motifs is 2. The van der Waals surface area contributed by atoms with Crippen molar-refractivity contribution in [1.29, 1.82) is 5.26 Å². The number of thioether (sulfide) groups is 1. The van der Waals surface area contributed by atoms with E-state index in [1.807, 2.05) is 35.0 Å². The first kappa shape index (κ1) is 15.3. The Morgan fingerprint density at radius 1 is 1.21 bits per heavy atom. The molecule has 0 fully saturated rings. The lowest BCUT2D eigenvalue weighted by Gasteiger charge is -2.01. The van der Waals surface area contributed by atoms with Crippen molar-refractivity contribution < 1.29 is 0 Å². The highest BCUT2D eigenvalue weighted by atomic mass is 35.5. The topological polar surface area (TPSA) is 58.4 Å². The van der Waals surface area contributed by atoms with E-state index in [4.69, 9.17) is 23.2 Å². The number of halogens is 2. The number of hydrogen-bond acceptors (Lipinski definition) is 4. The number of hydrogen-bond donors (Lipinski definition) is 0. The van der Waals surface area contributed by atoms with Crippen LogP contribution in [0.15, 0.2) is 48.0 Å². The Labute approximate surface area is 151 Å². The monoisotopic (exact) mass is 373 g/mol. The smallest absolute Gasteiger partial charge is 0.196 e. The second-order valence-corrected chi connectivity index (χ2v) is 6.89. The Hall–Kier alpha value is -2.20. The van der Waals surface area contributed by atoms with Crippen molar-refractivity contribution in [2.75, 3.05) is 0 Å². The van der Waals surface area contributed by atoms with Gasteiger partial charge < -0.3 is 4.40 Å². The largest absolute Gasteiger partial charge is 0.322 e. The fourth-order valence-corrected chi connectivity index (χ4v) is 3.95. The van der Waals surface area contributed by atoms with E-state index in [1.54, 1.807) is 16.7 Å². The van der Waals surface area contributed by atoms with Gasteiger partial charge in [0.05, 0.1) is 21.1 Å². The van der Waals surface area contributed by atoms with Gasteiger partial charge in [-0.1, -0.05) is 41.0 Å². The first-order valence-electron chi connectivity index (χ1n) is 6.98. The van der Waals surface area contributed by atoms with Crippen molar-refractivity contribution in [3.63, 3.8) is 0 Å². The molecule has 0 radical (unpaired) electrons. The third-order valence-electron chi connectivity index (χ3n) is 3.63. The zero-order valence-corrected chi connectivity index (χ0v) is 14.5. The summed E-state index contributed by atoms with van der Waals surface area (Å²) in [6.07, 6.45) is 5.62. The predicted molar refractivity (Wildman–Crippen MR) is 94.7 cm³/mol. The molecule has 8 heteroatoms. The van der Waals surface area contributed by atoms with Crippen LogP contribution in [0.2, 0.25) is 10.0 Å². The molecule has 0 saturated carbocycles. The van der Waals surface area contributed by atoms with E-state index in [-0.39, 0.29) is 0 Å². The van der Waals surface area contributed by atoms with Crippen LogP contribution < -0.4 is 0 Å². The summed E-state index contributed by atoms with van der Waals surface area (Å²) in [5.41, 5.74) is 3.07. The Kier molecular flexibility index (Phi) is 3.85. The average molecular weight is 374 g/mol. The highest BCUT2D eigenvalue weighted by Gasteiger charge is 2.14. The van der Waals surface area contributed by atoms with Crippen LogP contribution in [-0.2, 0) is 5.75 Å². The van der Waals surface area contributed by atoms with Gasteiger partial charge >= 0.3 is 0 Å². The molecule has 24 heavy (non-hydrogen) atoms. The minimum atomic E-state index is 0.453. The molecular weight excluding hydrogens is 365 g/mol. The van der Waals surface area contributed by atoms with Gasteiger partial charge in [-0.05, 0) is 23.8 Å². The first-order chi connectivity index (χ1) is 11.7. The second kappa shape index (κ2) is 6.02. The summed E-state index contributed by atoms with van der Waals surface area (Å²) < 4.78 is 3.71. The maximum atomic E-state index is 9.47. The molecule has 0 aromatic carbocycles. The molecule has 4 aromatic rings. The first-order valence-corrected chi connectivity index (χ1v) is 8.73. The van der Waals surface area contributed by atoms with E-state index in [2.05, 4.69) is 16.3 Å². The van der Waals surface area contributed by atoms with Crippen LogP contribution in [0.5, 0.6) is 0 Å². The van der Waals surface area contributed by atoms with Crippen LogP contribution in [0.1, 0.15) is 11.1 Å². The van der Waals surface area contributed by atoms with Crippen LogP contribution >= 0.6 is 35.0 Å². The van der Waals surface area contributed by atoms with E-state index in [0.717, 1.165) is 11.1 Å². The summed E-state index contributed by atoms with van der Waals surface area (Å²) in [7, 11) is 0. The molecule has 0 saturated heterocycles. The van der Waals surface area contributed by atoms with E-state index in [9.17, 15) is 5.26 Å². The molecule has 4 rings (SSSR count). The van der Waals surface area contributed by atoms with Crippen molar-refractivity contribution in [3.8, 4) is 6.07 Å². The van der Waals surface area contributed by atoms with Crippen LogP contribution in [0, 0.1) is 11.3 Å². The zero-order valence-electron chi connectivity index (χ0n) is 12.1. The van der Waals surface area contributed by atoms with E-state index >= 15 is 0 Å². The summed E-state index contributed by atoms with van der Waals surface area (Å²) >= 11 is 13.7. The van der Waals surface area contributed by atoms with Gasteiger partial charge in [0.25, 0.3) is 0 Å². The quantitative estimate of drug-likeness (QED) is 0.497. The molecule has 5 nitrogen and oxygen atoms in total. The van der Waals surface area contributed by atoms with Gasteiger partial charge in [-0.2, -0.15) is 5.26 Å². The molecule has 118 valence electrons. The minimum absolute atomic E-state index is 0.453. The Balaban J connectivity index is 1.70. The molecule has 0 bridgehead atoms. The normalized spacial score (nSPS) is 11.2. The van der Waals surface area contributed by atoms with Gasteiger partial charge in [-0.3, -0.25) is 4.40 Å². The molecule has 0 aliphatic carbocycles. The van der Waals surface area contributed by atoms with Gasteiger partial charge in [0.1, 0.15) is 6.07 Å². The SMILES string of the molecule is N#Cc1c(CSc2nnc3c(Cl)cc(Cl)cn23)cn2ccccc12. The summed E-state index contributed by atoms with van der Waals surface area (Å²) in [6.45, 7) is 0. The highest BCUT2D eigenvalue weighted by molar-refractivity contribution is 7.98. The number of pyridine rings is 2. The molecule has 0 unspecified atom stereocenters. The van der Waals surface area contributed by atoms with Gasteiger partial charge in [0.15, 0.2) is 10.8 Å². The molecule has 0 N–H and O–H groups in total. The average Bonchev–Trinajstić information content (AvgIpc) is 3.13. The molecule has 0 amide bonds. The lowest BCUT2D eigenvalue weighted by Crippen LogP contribution is -1.89. The van der Waals surface area contributed by atoms with Crippen molar-refractivity contribution in [3.05, 3.63) is 64.0 Å². The predicted octanol–water partition coefficient (Wildman–Crippen LogP) is 4.45. The Bertz CT molecular complexity index is 1110. The van der Waals surface area contributed by atoms with Crippen LogP contribution in [0.25, 0.3) is 11.2 Å². The van der Waals surface area contributed by atoms with Gasteiger partial charge in [-0.15, -0.1) is 10.2 Å². The molecule has 0 atom stereocenters. The van der Waals surface area contributed by atoms with Crippen molar-refractivity contribution in [2.24, 2.45) is 0 Å². The molecule has 0 aliphatic heterocycles. The summed E-state index contributed by atoms with van der Waals surface area (Å²) in [4.78, 5) is 0. The lowest BCUT2D eigenvalue weighted by molar-refractivity contribution is 0.921. The maximum absolute atomic E-state index is 9.47. The van der Waals surface area contributed by atoms with Crippen molar-refractivity contribution >= 4 is 46.1 Å². The van der Waals surface area contributed by atoms with Crippen LogP contribution in [0.3, 0.4) is 0 Å². The Morgan fingerprint density at radius 2 is 2.08 bits per heavy atom. The standard InChI is InChI=1S/C16H9Cl2N5S/c17-11-5-13(18)15-20-21-16(23(15)8-11)24-9-10-7-22-4-2-1-3-14(22)12(10)6-19/h1-5,7-8H,9H2. The van der Waals surface area contributed by atoms with E-state index in [0.29, 0.717) is 32.2 Å². The van der Waals surface area contributed by atoms with Crippen molar-refractivity contribution in [1.82, 2.24) is 19.0 Å². The van der Waals surface area contributed by atoms with Gasteiger partial charge in [0, 0.05) is 24.3 Å². The second-order valence-electron chi connectivity index (χ2n) is 5.11. The molecular formula is C16H9Cl2N5S. The summed E-state index contributed by atoms with van der Waals surface area (Å²) in [5, 5.41) is 19.4. The third kappa shape index (κ3) is 2.51. The molecule has 0 spiro atoms. The van der Waals surface area contributed by atoms with Crippen LogP contribution in [-0.4, -0.2) is 19.0 Å². The fourth-order valence-electron chi connectivity index (χ4n) is 2.56. The van der Waals surface area contributed by atoms with Gasteiger partial charge in [-0.25, -0.2) is 0 Å². The summed E-state index contributed by atoms with van der Waals surface area (Å²) in [6, 6.07) is 9.70.